The zero-order valence-electron chi connectivity index (χ0n) is 7.87. The number of aryl methyl sites for hydroxylation is 1. The van der Waals surface area contributed by atoms with E-state index in [0.29, 0.717) is 5.56 Å². The third kappa shape index (κ3) is 2.27. The Hall–Kier alpha value is -1.00. The van der Waals surface area contributed by atoms with E-state index in [2.05, 4.69) is 0 Å². The van der Waals surface area contributed by atoms with Gasteiger partial charge in [-0.2, -0.15) is 0 Å². The molecule has 1 aromatic rings. The maximum atomic E-state index is 12.5. The number of rotatable bonds is 3. The van der Waals surface area contributed by atoms with Crippen molar-refractivity contribution in [3.63, 3.8) is 0 Å². The van der Waals surface area contributed by atoms with Gasteiger partial charge >= 0.3 is 0 Å². The lowest BCUT2D eigenvalue weighted by Gasteiger charge is -2.14. The van der Waals surface area contributed by atoms with E-state index in [4.69, 9.17) is 10.8 Å². The largest absolute Gasteiger partial charge is 0.394 e. The maximum Gasteiger partial charge on any atom is 0.264 e. The van der Waals surface area contributed by atoms with E-state index >= 15 is 0 Å². The quantitative estimate of drug-likeness (QED) is 0.784. The molecule has 0 heterocycles. The third-order valence-electron chi connectivity index (χ3n) is 2.07. The van der Waals surface area contributed by atoms with E-state index in [1.807, 2.05) is 0 Å². The number of alkyl halides is 2. The minimum absolute atomic E-state index is 0.0999. The van der Waals surface area contributed by atoms with Gasteiger partial charge in [-0.1, -0.05) is 23.8 Å². The van der Waals surface area contributed by atoms with Gasteiger partial charge in [0, 0.05) is 5.56 Å². The summed E-state index contributed by atoms with van der Waals surface area (Å²) in [4.78, 5) is 0. The van der Waals surface area contributed by atoms with Crippen molar-refractivity contribution in [3.8, 4) is 0 Å². The molecule has 0 amide bonds. The predicted molar refractivity (Wildman–Crippen MR) is 50.2 cm³/mol. The molecule has 0 aliphatic heterocycles. The van der Waals surface area contributed by atoms with Crippen LogP contribution >= 0.6 is 0 Å². The number of benzene rings is 1. The average molecular weight is 201 g/mol. The van der Waals surface area contributed by atoms with Crippen LogP contribution in [0.1, 0.15) is 29.2 Å². The van der Waals surface area contributed by atoms with Crippen molar-refractivity contribution < 1.29 is 13.9 Å². The Labute approximate surface area is 81.4 Å². The molecule has 3 N–H and O–H groups in total. The Kier molecular flexibility index (Phi) is 3.55. The molecule has 0 radical (unpaired) electrons. The van der Waals surface area contributed by atoms with Crippen LogP contribution in [0.25, 0.3) is 0 Å². The number of aliphatic hydroxyl groups excluding tert-OH is 1. The zero-order chi connectivity index (χ0) is 10.7. The van der Waals surface area contributed by atoms with Crippen LogP contribution in [-0.2, 0) is 0 Å². The molecular weight excluding hydrogens is 188 g/mol. The van der Waals surface area contributed by atoms with Crippen LogP contribution in [0.5, 0.6) is 0 Å². The van der Waals surface area contributed by atoms with Gasteiger partial charge in [-0.05, 0) is 12.5 Å². The summed E-state index contributed by atoms with van der Waals surface area (Å²) in [5.74, 6) is 0. The fraction of sp³-hybridized carbons (Fsp3) is 0.400. The van der Waals surface area contributed by atoms with Gasteiger partial charge in [-0.15, -0.1) is 0 Å². The molecule has 0 aliphatic rings. The predicted octanol–water partition coefficient (Wildman–Crippen LogP) is 1.92. The Morgan fingerprint density at radius 1 is 1.36 bits per heavy atom. The summed E-state index contributed by atoms with van der Waals surface area (Å²) in [6.45, 7) is 1.46. The maximum absolute atomic E-state index is 12.5. The number of aliphatic hydroxyl groups is 1. The van der Waals surface area contributed by atoms with Crippen molar-refractivity contribution in [2.75, 3.05) is 6.61 Å². The average Bonchev–Trinajstić information content (AvgIpc) is 2.16. The number of hydrogen-bond donors (Lipinski definition) is 2. The Morgan fingerprint density at radius 3 is 2.50 bits per heavy atom. The van der Waals surface area contributed by atoms with Gasteiger partial charge in [0.25, 0.3) is 6.43 Å². The van der Waals surface area contributed by atoms with Crippen LogP contribution in [0, 0.1) is 6.92 Å². The summed E-state index contributed by atoms with van der Waals surface area (Å²) in [6, 6.07) is 3.81. The Bertz CT molecular complexity index is 315. The molecule has 0 spiro atoms. The molecule has 0 aliphatic carbocycles. The van der Waals surface area contributed by atoms with Crippen molar-refractivity contribution in [1.82, 2.24) is 0 Å². The van der Waals surface area contributed by atoms with E-state index in [1.54, 1.807) is 19.1 Å². The molecule has 2 nitrogen and oxygen atoms in total. The van der Waals surface area contributed by atoms with E-state index in [0.717, 1.165) is 5.56 Å². The van der Waals surface area contributed by atoms with Crippen molar-refractivity contribution in [2.45, 2.75) is 19.4 Å². The lowest BCUT2D eigenvalue weighted by atomic mass is 9.99. The minimum atomic E-state index is -2.55. The topological polar surface area (TPSA) is 46.2 Å². The number of nitrogens with two attached hydrogens (primary N) is 1. The van der Waals surface area contributed by atoms with Gasteiger partial charge in [0.1, 0.15) is 0 Å². The lowest BCUT2D eigenvalue weighted by Crippen LogP contribution is -2.16. The van der Waals surface area contributed by atoms with Crippen LogP contribution in [-0.4, -0.2) is 11.7 Å². The van der Waals surface area contributed by atoms with Gasteiger partial charge in [0.2, 0.25) is 0 Å². The van der Waals surface area contributed by atoms with E-state index < -0.39 is 12.5 Å². The second-order valence-corrected chi connectivity index (χ2v) is 3.22. The first-order valence-corrected chi connectivity index (χ1v) is 4.31. The SMILES string of the molecule is Cc1ccc(C(F)F)c(C(N)CO)c1. The zero-order valence-corrected chi connectivity index (χ0v) is 7.87. The lowest BCUT2D eigenvalue weighted by molar-refractivity contribution is 0.148. The summed E-state index contributed by atoms with van der Waals surface area (Å²) in [5.41, 5.74) is 6.60. The summed E-state index contributed by atoms with van der Waals surface area (Å²) in [6.07, 6.45) is -2.55. The second kappa shape index (κ2) is 4.48. The number of hydrogen-bond acceptors (Lipinski definition) is 2. The van der Waals surface area contributed by atoms with Crippen molar-refractivity contribution in [1.29, 1.82) is 0 Å². The molecule has 0 saturated carbocycles. The first-order valence-electron chi connectivity index (χ1n) is 4.31. The molecule has 78 valence electrons. The third-order valence-corrected chi connectivity index (χ3v) is 2.07. The van der Waals surface area contributed by atoms with Gasteiger partial charge in [-0.3, -0.25) is 0 Å². The molecule has 1 unspecified atom stereocenters. The highest BCUT2D eigenvalue weighted by Gasteiger charge is 2.16. The van der Waals surface area contributed by atoms with E-state index in [9.17, 15) is 8.78 Å². The fourth-order valence-corrected chi connectivity index (χ4v) is 1.31. The first-order chi connectivity index (χ1) is 6.56. The van der Waals surface area contributed by atoms with E-state index in [-0.39, 0.29) is 12.2 Å². The highest BCUT2D eigenvalue weighted by atomic mass is 19.3. The minimum Gasteiger partial charge on any atom is -0.394 e. The summed E-state index contributed by atoms with van der Waals surface area (Å²) in [5, 5.41) is 8.82. The van der Waals surface area contributed by atoms with Gasteiger partial charge in [-0.25, -0.2) is 8.78 Å². The normalized spacial score (nSPS) is 13.3. The van der Waals surface area contributed by atoms with Crippen molar-refractivity contribution in [3.05, 3.63) is 34.9 Å². The van der Waals surface area contributed by atoms with Gasteiger partial charge in [0.15, 0.2) is 0 Å². The van der Waals surface area contributed by atoms with Crippen LogP contribution in [0.2, 0.25) is 0 Å². The van der Waals surface area contributed by atoms with E-state index in [1.165, 1.54) is 6.07 Å². The molecule has 14 heavy (non-hydrogen) atoms. The smallest absolute Gasteiger partial charge is 0.264 e. The number of halogens is 2. The highest BCUT2D eigenvalue weighted by Crippen LogP contribution is 2.27. The van der Waals surface area contributed by atoms with Crippen molar-refractivity contribution in [2.24, 2.45) is 5.73 Å². The molecule has 1 atom stereocenters. The summed E-state index contributed by atoms with van der Waals surface area (Å²) >= 11 is 0. The Morgan fingerprint density at radius 2 is 2.00 bits per heavy atom. The summed E-state index contributed by atoms with van der Waals surface area (Å²) < 4.78 is 25.0. The molecular formula is C10H13F2NO. The fourth-order valence-electron chi connectivity index (χ4n) is 1.31. The van der Waals surface area contributed by atoms with Gasteiger partial charge < -0.3 is 10.8 Å². The van der Waals surface area contributed by atoms with Crippen LogP contribution in [0.4, 0.5) is 8.78 Å². The molecule has 4 heteroatoms. The summed E-state index contributed by atoms with van der Waals surface area (Å²) in [7, 11) is 0. The van der Waals surface area contributed by atoms with Crippen LogP contribution in [0.3, 0.4) is 0 Å². The van der Waals surface area contributed by atoms with Gasteiger partial charge in [0.05, 0.1) is 12.6 Å². The Balaban J connectivity index is 3.15. The molecule has 0 bridgehead atoms. The molecule has 1 rings (SSSR count). The first kappa shape index (κ1) is 11.1. The van der Waals surface area contributed by atoms with Crippen LogP contribution in [0.15, 0.2) is 18.2 Å². The standard InChI is InChI=1S/C10H13F2NO/c1-6-2-3-7(10(11)12)8(4-6)9(13)5-14/h2-4,9-10,14H,5,13H2,1H3. The second-order valence-electron chi connectivity index (χ2n) is 3.22. The van der Waals surface area contributed by atoms with Crippen molar-refractivity contribution >= 4 is 0 Å². The van der Waals surface area contributed by atoms with Crippen LogP contribution < -0.4 is 5.73 Å². The molecule has 0 fully saturated rings. The molecule has 0 aromatic heterocycles. The highest BCUT2D eigenvalue weighted by molar-refractivity contribution is 5.34. The monoisotopic (exact) mass is 201 g/mol. The molecule has 0 saturated heterocycles. The molecule has 1 aromatic carbocycles.